The van der Waals surface area contributed by atoms with Crippen molar-refractivity contribution in [2.45, 2.75) is 63.4 Å². The second-order valence-electron chi connectivity index (χ2n) is 7.45. The quantitative estimate of drug-likeness (QED) is 0.740. The lowest BCUT2D eigenvalue weighted by atomic mass is 10.1. The molecule has 148 valence electrons. The van der Waals surface area contributed by atoms with Crippen molar-refractivity contribution in [2.24, 2.45) is 0 Å². The van der Waals surface area contributed by atoms with Crippen molar-refractivity contribution >= 4 is 21.9 Å². The summed E-state index contributed by atoms with van der Waals surface area (Å²) in [6.45, 7) is 5.33. The highest BCUT2D eigenvalue weighted by atomic mass is 32.2. The number of aryl methyl sites for hydroxylation is 3. The van der Waals surface area contributed by atoms with E-state index >= 15 is 0 Å². The zero-order chi connectivity index (χ0) is 19.8. The van der Waals surface area contributed by atoms with Crippen LogP contribution in [0.3, 0.4) is 0 Å². The second kappa shape index (κ2) is 7.59. The molecule has 1 aromatic rings. The number of rotatable bonds is 6. The van der Waals surface area contributed by atoms with Gasteiger partial charge in [-0.1, -0.05) is 17.7 Å². The van der Waals surface area contributed by atoms with E-state index in [1.807, 2.05) is 19.1 Å². The van der Waals surface area contributed by atoms with Crippen molar-refractivity contribution < 1.29 is 22.7 Å². The molecule has 3 rings (SSSR count). The number of sulfonamides is 1. The first kappa shape index (κ1) is 19.8. The molecule has 1 aliphatic carbocycles. The topological polar surface area (TPSA) is 92.8 Å². The molecule has 1 aromatic carbocycles. The van der Waals surface area contributed by atoms with Gasteiger partial charge >= 0.3 is 5.97 Å². The van der Waals surface area contributed by atoms with Crippen LogP contribution in [0.15, 0.2) is 17.0 Å². The van der Waals surface area contributed by atoms with Gasteiger partial charge in [0, 0.05) is 12.6 Å². The number of carbonyl (C=O) groups is 2. The third-order valence-electron chi connectivity index (χ3n) is 4.94. The molecule has 1 amide bonds. The van der Waals surface area contributed by atoms with Gasteiger partial charge in [0.2, 0.25) is 10.0 Å². The monoisotopic (exact) mass is 394 g/mol. The van der Waals surface area contributed by atoms with Gasteiger partial charge in [0.15, 0.2) is 6.61 Å². The molecule has 0 radical (unpaired) electrons. The number of ether oxygens (including phenoxy) is 1. The Morgan fingerprint density at radius 2 is 1.78 bits per heavy atom. The van der Waals surface area contributed by atoms with Crippen LogP contribution in [-0.2, 0) is 24.3 Å². The fourth-order valence-corrected chi connectivity index (χ4v) is 5.75. The maximum atomic E-state index is 13.2. The summed E-state index contributed by atoms with van der Waals surface area (Å²) in [7, 11) is -3.83. The van der Waals surface area contributed by atoms with Gasteiger partial charge in [0.25, 0.3) is 5.91 Å². The minimum Gasteiger partial charge on any atom is -0.454 e. The first-order chi connectivity index (χ1) is 12.7. The van der Waals surface area contributed by atoms with Crippen LogP contribution in [0.2, 0.25) is 0 Å². The van der Waals surface area contributed by atoms with Crippen molar-refractivity contribution in [1.82, 2.24) is 9.62 Å². The molecule has 27 heavy (non-hydrogen) atoms. The first-order valence-corrected chi connectivity index (χ1v) is 10.7. The molecule has 2 aliphatic rings. The van der Waals surface area contributed by atoms with Gasteiger partial charge in [-0.15, -0.1) is 0 Å². The predicted molar refractivity (Wildman–Crippen MR) is 99.7 cm³/mol. The Bertz CT molecular complexity index is 838. The highest BCUT2D eigenvalue weighted by Crippen LogP contribution is 2.31. The molecule has 7 nitrogen and oxygen atoms in total. The Morgan fingerprint density at radius 3 is 2.37 bits per heavy atom. The minimum absolute atomic E-state index is 0.187. The maximum Gasteiger partial charge on any atom is 0.324 e. The van der Waals surface area contributed by atoms with Crippen LogP contribution in [0.25, 0.3) is 0 Å². The molecular weight excluding hydrogens is 368 g/mol. The Balaban J connectivity index is 1.74. The van der Waals surface area contributed by atoms with Crippen molar-refractivity contribution in [3.8, 4) is 0 Å². The maximum absolute atomic E-state index is 13.2. The molecule has 2 fully saturated rings. The Hall–Kier alpha value is -1.93. The fourth-order valence-electron chi connectivity index (χ4n) is 3.68. The van der Waals surface area contributed by atoms with Gasteiger partial charge in [-0.3, -0.25) is 9.59 Å². The van der Waals surface area contributed by atoms with E-state index in [2.05, 4.69) is 5.32 Å². The normalized spacial score (nSPS) is 20.5. The van der Waals surface area contributed by atoms with Crippen LogP contribution >= 0.6 is 0 Å². The van der Waals surface area contributed by atoms with Crippen molar-refractivity contribution in [1.29, 1.82) is 0 Å². The van der Waals surface area contributed by atoms with Gasteiger partial charge < -0.3 is 10.1 Å². The Labute approximate surface area is 160 Å². The fraction of sp³-hybridized carbons (Fsp3) is 0.579. The second-order valence-corrected chi connectivity index (χ2v) is 9.28. The van der Waals surface area contributed by atoms with Gasteiger partial charge in [-0.2, -0.15) is 4.31 Å². The van der Waals surface area contributed by atoms with E-state index in [-0.39, 0.29) is 30.0 Å². The lowest BCUT2D eigenvalue weighted by Crippen LogP contribution is -2.43. The molecule has 1 heterocycles. The standard InChI is InChI=1S/C19H26N2O5S/c1-12-9-13(2)18(14(3)10-12)27(24,25)21-8-4-5-16(21)19(23)26-11-17(22)20-15-6-7-15/h9-10,15-16H,4-8,11H2,1-3H3,(H,20,22). The van der Waals surface area contributed by atoms with Crippen LogP contribution < -0.4 is 5.32 Å². The number of nitrogens with zero attached hydrogens (tertiary/aromatic N) is 1. The number of esters is 1. The number of nitrogens with one attached hydrogen (secondary N) is 1. The summed E-state index contributed by atoms with van der Waals surface area (Å²) in [4.78, 5) is 24.4. The minimum atomic E-state index is -3.83. The van der Waals surface area contributed by atoms with Gasteiger partial charge in [0.05, 0.1) is 4.90 Å². The lowest BCUT2D eigenvalue weighted by Gasteiger charge is -2.24. The van der Waals surface area contributed by atoms with E-state index in [1.54, 1.807) is 13.8 Å². The van der Waals surface area contributed by atoms with E-state index < -0.39 is 22.0 Å². The van der Waals surface area contributed by atoms with Crippen LogP contribution in [0.1, 0.15) is 42.4 Å². The average Bonchev–Trinajstić information content (AvgIpc) is 3.22. The van der Waals surface area contributed by atoms with Crippen LogP contribution in [-0.4, -0.2) is 49.8 Å². The van der Waals surface area contributed by atoms with Gasteiger partial charge in [0.1, 0.15) is 6.04 Å². The largest absolute Gasteiger partial charge is 0.454 e. The molecule has 1 atom stereocenters. The third-order valence-corrected chi connectivity index (χ3v) is 7.15. The van der Waals surface area contributed by atoms with Crippen LogP contribution in [0.4, 0.5) is 0 Å². The molecule has 0 spiro atoms. The van der Waals surface area contributed by atoms with E-state index in [0.717, 1.165) is 18.4 Å². The van der Waals surface area contributed by atoms with Gasteiger partial charge in [-0.05, 0) is 57.6 Å². The molecule has 0 bridgehead atoms. The number of benzene rings is 1. The molecule has 1 N–H and O–H groups in total. The summed E-state index contributed by atoms with van der Waals surface area (Å²) in [6.07, 6.45) is 2.87. The molecule has 1 unspecified atom stereocenters. The smallest absolute Gasteiger partial charge is 0.324 e. The molecule has 8 heteroatoms. The third kappa shape index (κ3) is 4.32. The number of amides is 1. The zero-order valence-corrected chi connectivity index (χ0v) is 16.8. The van der Waals surface area contributed by atoms with Crippen molar-refractivity contribution in [3.05, 3.63) is 28.8 Å². The zero-order valence-electron chi connectivity index (χ0n) is 15.9. The molecule has 1 aliphatic heterocycles. The highest BCUT2D eigenvalue weighted by molar-refractivity contribution is 7.89. The molecule has 0 aromatic heterocycles. The summed E-state index contributed by atoms with van der Waals surface area (Å²) in [5.41, 5.74) is 2.31. The number of hydrogen-bond donors (Lipinski definition) is 1. The van der Waals surface area contributed by atoms with Gasteiger partial charge in [-0.25, -0.2) is 8.42 Å². The first-order valence-electron chi connectivity index (χ1n) is 9.26. The molecule has 1 saturated heterocycles. The van der Waals surface area contributed by atoms with Crippen LogP contribution in [0.5, 0.6) is 0 Å². The van der Waals surface area contributed by atoms with E-state index in [0.29, 0.717) is 24.0 Å². The summed E-state index contributed by atoms with van der Waals surface area (Å²) in [5, 5.41) is 2.74. The van der Waals surface area contributed by atoms with Crippen molar-refractivity contribution in [3.63, 3.8) is 0 Å². The summed E-state index contributed by atoms with van der Waals surface area (Å²) in [6, 6.07) is 2.95. The SMILES string of the molecule is Cc1cc(C)c(S(=O)(=O)N2CCCC2C(=O)OCC(=O)NC2CC2)c(C)c1. The number of hydrogen-bond acceptors (Lipinski definition) is 5. The van der Waals surface area contributed by atoms with Crippen molar-refractivity contribution in [2.75, 3.05) is 13.2 Å². The predicted octanol–water partition coefficient (Wildman–Crippen LogP) is 1.59. The van der Waals surface area contributed by atoms with Crippen LogP contribution in [0, 0.1) is 20.8 Å². The lowest BCUT2D eigenvalue weighted by molar-refractivity contribution is -0.151. The Kier molecular flexibility index (Phi) is 5.58. The highest BCUT2D eigenvalue weighted by Gasteiger charge is 2.41. The molecular formula is C19H26N2O5S. The van der Waals surface area contributed by atoms with E-state index in [1.165, 1.54) is 4.31 Å². The molecule has 1 saturated carbocycles. The average molecular weight is 394 g/mol. The Morgan fingerprint density at radius 1 is 1.15 bits per heavy atom. The van der Waals surface area contributed by atoms with E-state index in [4.69, 9.17) is 4.74 Å². The number of carbonyl (C=O) groups excluding carboxylic acids is 2. The summed E-state index contributed by atoms with van der Waals surface area (Å²) < 4.78 is 32.8. The summed E-state index contributed by atoms with van der Waals surface area (Å²) >= 11 is 0. The summed E-state index contributed by atoms with van der Waals surface area (Å²) in [5.74, 6) is -1.01. The van der Waals surface area contributed by atoms with E-state index in [9.17, 15) is 18.0 Å².